The van der Waals surface area contributed by atoms with Gasteiger partial charge in [0.1, 0.15) is 12.4 Å². The van der Waals surface area contributed by atoms with Crippen LogP contribution in [0.15, 0.2) is 23.2 Å². The van der Waals surface area contributed by atoms with Crippen LogP contribution in [0.1, 0.15) is 32.4 Å². The monoisotopic (exact) mass is 195 g/mol. The Kier molecular flexibility index (Phi) is 3.74. The van der Waals surface area contributed by atoms with Gasteiger partial charge < -0.3 is 9.26 Å². The molecule has 0 radical (unpaired) electrons. The van der Waals surface area contributed by atoms with E-state index in [0.717, 1.165) is 5.76 Å². The van der Waals surface area contributed by atoms with Gasteiger partial charge in [-0.3, -0.25) is 0 Å². The third-order valence-corrected chi connectivity index (χ3v) is 2.30. The SMILES string of the molecule is C=CCOc1cc(C(C)C(C)C)on1. The molecule has 0 spiro atoms. The third-order valence-electron chi connectivity index (χ3n) is 2.30. The lowest BCUT2D eigenvalue weighted by Crippen LogP contribution is -2.00. The number of aromatic nitrogens is 1. The first-order chi connectivity index (χ1) is 6.65. The van der Waals surface area contributed by atoms with Crippen LogP contribution in [-0.4, -0.2) is 11.8 Å². The maximum Gasteiger partial charge on any atom is 0.254 e. The zero-order valence-corrected chi connectivity index (χ0v) is 8.99. The van der Waals surface area contributed by atoms with Crippen LogP contribution in [0, 0.1) is 5.92 Å². The Morgan fingerprint density at radius 2 is 2.29 bits per heavy atom. The van der Waals surface area contributed by atoms with Gasteiger partial charge in [-0.15, -0.1) is 0 Å². The van der Waals surface area contributed by atoms with Gasteiger partial charge in [0.2, 0.25) is 0 Å². The average molecular weight is 195 g/mol. The van der Waals surface area contributed by atoms with E-state index in [-0.39, 0.29) is 0 Å². The summed E-state index contributed by atoms with van der Waals surface area (Å²) in [5.41, 5.74) is 0. The highest BCUT2D eigenvalue weighted by atomic mass is 16.5. The van der Waals surface area contributed by atoms with E-state index in [1.807, 2.05) is 6.07 Å². The minimum absolute atomic E-state index is 0.364. The fraction of sp³-hybridized carbons (Fsp3) is 0.545. The van der Waals surface area contributed by atoms with Crippen molar-refractivity contribution >= 4 is 0 Å². The lowest BCUT2D eigenvalue weighted by molar-refractivity contribution is 0.291. The van der Waals surface area contributed by atoms with Gasteiger partial charge in [0, 0.05) is 12.0 Å². The Labute approximate surface area is 84.7 Å². The van der Waals surface area contributed by atoms with Gasteiger partial charge >= 0.3 is 0 Å². The second-order valence-corrected chi connectivity index (χ2v) is 3.70. The zero-order valence-electron chi connectivity index (χ0n) is 8.99. The third kappa shape index (κ3) is 2.62. The quantitative estimate of drug-likeness (QED) is 0.677. The topological polar surface area (TPSA) is 35.3 Å². The molecule has 1 aromatic rings. The van der Waals surface area contributed by atoms with Crippen molar-refractivity contribution in [3.8, 4) is 5.88 Å². The standard InChI is InChI=1S/C11H17NO2/c1-5-6-13-11-7-10(14-12-11)9(4)8(2)3/h5,7-9H,1,6H2,2-4H3. The molecule has 1 rings (SSSR count). The second kappa shape index (κ2) is 4.84. The van der Waals surface area contributed by atoms with Crippen LogP contribution >= 0.6 is 0 Å². The van der Waals surface area contributed by atoms with E-state index < -0.39 is 0 Å². The molecule has 0 aliphatic heterocycles. The summed E-state index contributed by atoms with van der Waals surface area (Å²) in [5, 5.41) is 3.81. The zero-order chi connectivity index (χ0) is 10.6. The number of nitrogens with zero attached hydrogens (tertiary/aromatic N) is 1. The maximum absolute atomic E-state index is 5.24. The van der Waals surface area contributed by atoms with Crippen molar-refractivity contribution in [1.82, 2.24) is 5.16 Å². The first-order valence-electron chi connectivity index (χ1n) is 4.85. The fourth-order valence-electron chi connectivity index (χ4n) is 1.03. The van der Waals surface area contributed by atoms with Crippen LogP contribution in [0.25, 0.3) is 0 Å². The van der Waals surface area contributed by atoms with Crippen LogP contribution < -0.4 is 4.74 Å². The summed E-state index contributed by atoms with van der Waals surface area (Å²) in [5.74, 6) is 2.31. The van der Waals surface area contributed by atoms with E-state index in [2.05, 4.69) is 32.5 Å². The van der Waals surface area contributed by atoms with Crippen molar-refractivity contribution < 1.29 is 9.26 Å². The Hall–Kier alpha value is -1.25. The molecular weight excluding hydrogens is 178 g/mol. The van der Waals surface area contributed by atoms with E-state index in [4.69, 9.17) is 9.26 Å². The summed E-state index contributed by atoms with van der Waals surface area (Å²) in [6.07, 6.45) is 1.68. The predicted octanol–water partition coefficient (Wildman–Crippen LogP) is 3.00. The van der Waals surface area contributed by atoms with E-state index >= 15 is 0 Å². The van der Waals surface area contributed by atoms with Crippen molar-refractivity contribution in [2.45, 2.75) is 26.7 Å². The van der Waals surface area contributed by atoms with Gasteiger partial charge in [0.25, 0.3) is 5.88 Å². The van der Waals surface area contributed by atoms with Gasteiger partial charge in [-0.05, 0) is 11.1 Å². The average Bonchev–Trinajstić information content (AvgIpc) is 2.61. The van der Waals surface area contributed by atoms with E-state index in [0.29, 0.717) is 24.3 Å². The maximum atomic E-state index is 5.24. The molecule has 0 amide bonds. The Bertz CT molecular complexity index is 291. The number of hydrogen-bond donors (Lipinski definition) is 0. The molecule has 0 aromatic carbocycles. The van der Waals surface area contributed by atoms with Crippen molar-refractivity contribution in [2.75, 3.05) is 6.61 Å². The molecule has 3 nitrogen and oxygen atoms in total. The number of hydrogen-bond acceptors (Lipinski definition) is 3. The Morgan fingerprint density at radius 1 is 1.57 bits per heavy atom. The smallest absolute Gasteiger partial charge is 0.254 e. The van der Waals surface area contributed by atoms with Crippen molar-refractivity contribution in [1.29, 1.82) is 0 Å². The molecule has 78 valence electrons. The van der Waals surface area contributed by atoms with Crippen LogP contribution in [0.4, 0.5) is 0 Å². The molecule has 0 N–H and O–H groups in total. The number of rotatable bonds is 5. The summed E-state index contributed by atoms with van der Waals surface area (Å²) in [6, 6.07) is 1.84. The molecule has 3 heteroatoms. The molecule has 1 atom stereocenters. The fourth-order valence-corrected chi connectivity index (χ4v) is 1.03. The van der Waals surface area contributed by atoms with Gasteiger partial charge in [0.05, 0.1) is 0 Å². The first-order valence-corrected chi connectivity index (χ1v) is 4.85. The highest BCUT2D eigenvalue weighted by molar-refractivity contribution is 5.14. The largest absolute Gasteiger partial charge is 0.471 e. The lowest BCUT2D eigenvalue weighted by atomic mass is 9.96. The molecule has 14 heavy (non-hydrogen) atoms. The van der Waals surface area contributed by atoms with Crippen LogP contribution in [0.3, 0.4) is 0 Å². The minimum atomic E-state index is 0.364. The molecule has 1 heterocycles. The first kappa shape index (κ1) is 10.8. The molecule has 0 fully saturated rings. The van der Waals surface area contributed by atoms with E-state index in [1.165, 1.54) is 0 Å². The molecular formula is C11H17NO2. The summed E-state index contributed by atoms with van der Waals surface area (Å²) < 4.78 is 10.4. The number of ether oxygens (including phenoxy) is 1. The van der Waals surface area contributed by atoms with Crippen LogP contribution in [-0.2, 0) is 0 Å². The van der Waals surface area contributed by atoms with E-state index in [1.54, 1.807) is 6.08 Å². The van der Waals surface area contributed by atoms with Crippen LogP contribution in [0.2, 0.25) is 0 Å². The molecule has 1 aromatic heterocycles. The molecule has 0 aliphatic carbocycles. The Morgan fingerprint density at radius 3 is 2.86 bits per heavy atom. The van der Waals surface area contributed by atoms with Crippen molar-refractivity contribution in [3.05, 3.63) is 24.5 Å². The van der Waals surface area contributed by atoms with E-state index in [9.17, 15) is 0 Å². The lowest BCUT2D eigenvalue weighted by Gasteiger charge is -2.10. The molecule has 0 aliphatic rings. The molecule has 0 bridgehead atoms. The second-order valence-electron chi connectivity index (χ2n) is 3.70. The normalized spacial score (nSPS) is 12.9. The van der Waals surface area contributed by atoms with Crippen LogP contribution in [0.5, 0.6) is 5.88 Å². The Balaban J connectivity index is 2.62. The highest BCUT2D eigenvalue weighted by Crippen LogP contribution is 2.26. The summed E-state index contributed by atoms with van der Waals surface area (Å²) in [6.45, 7) is 10.4. The van der Waals surface area contributed by atoms with Gasteiger partial charge in [-0.25, -0.2) is 0 Å². The molecule has 0 saturated carbocycles. The highest BCUT2D eigenvalue weighted by Gasteiger charge is 2.15. The van der Waals surface area contributed by atoms with Gasteiger partial charge in [-0.2, -0.15) is 0 Å². The van der Waals surface area contributed by atoms with Gasteiger partial charge in [-0.1, -0.05) is 33.4 Å². The van der Waals surface area contributed by atoms with Gasteiger partial charge in [0.15, 0.2) is 0 Å². The summed E-state index contributed by atoms with van der Waals surface area (Å²) in [7, 11) is 0. The molecule has 1 unspecified atom stereocenters. The predicted molar refractivity (Wildman–Crippen MR) is 55.4 cm³/mol. The summed E-state index contributed by atoms with van der Waals surface area (Å²) in [4.78, 5) is 0. The van der Waals surface area contributed by atoms with Crippen molar-refractivity contribution in [3.63, 3.8) is 0 Å². The van der Waals surface area contributed by atoms with Crippen molar-refractivity contribution in [2.24, 2.45) is 5.92 Å². The minimum Gasteiger partial charge on any atom is -0.471 e. The molecule has 0 saturated heterocycles. The summed E-state index contributed by atoms with van der Waals surface area (Å²) >= 11 is 0.